The predicted octanol–water partition coefficient (Wildman–Crippen LogP) is -8.38. The summed E-state index contributed by atoms with van der Waals surface area (Å²) in [6.45, 7) is 0. The zero-order valence-electron chi connectivity index (χ0n) is 6.29. The third-order valence-corrected chi connectivity index (χ3v) is 0. The van der Waals surface area contributed by atoms with E-state index in [4.69, 9.17) is 19.2 Å². The molecule has 0 fully saturated rings. The third kappa shape index (κ3) is 62.5. The van der Waals surface area contributed by atoms with E-state index in [1.54, 1.807) is 0 Å². The molecular weight excluding hydrogens is 138 g/mol. The van der Waals surface area contributed by atoms with Gasteiger partial charge in [0.25, 0.3) is 0 Å². The monoisotopic (exact) mass is 144 g/mol. The summed E-state index contributed by atoms with van der Waals surface area (Å²) in [6.07, 6.45) is 0. The maximum absolute atomic E-state index is 7.33. The van der Waals surface area contributed by atoms with Gasteiger partial charge in [0.05, 0.1) is 0 Å². The van der Waals surface area contributed by atoms with E-state index in [0.717, 1.165) is 0 Å². The van der Waals surface area contributed by atoms with Gasteiger partial charge in [-0.05, 0) is 0 Å². The van der Waals surface area contributed by atoms with Crippen molar-refractivity contribution in [2.24, 2.45) is 0 Å². The van der Waals surface area contributed by atoms with Crippen molar-refractivity contribution in [2.75, 3.05) is 0 Å². The van der Waals surface area contributed by atoms with Gasteiger partial charge in [-0.15, -0.1) is 0 Å². The van der Waals surface area contributed by atoms with Crippen LogP contribution in [0, 0.1) is 0 Å². The Bertz CT molecular complexity index is 34.0. The smallest absolute Gasteiger partial charge is 1.00 e. The maximum Gasteiger partial charge on any atom is 1.00 e. The van der Waals surface area contributed by atoms with Crippen molar-refractivity contribution in [3.63, 3.8) is 0 Å². The summed E-state index contributed by atoms with van der Waals surface area (Å²) in [7, 11) is -4.61. The van der Waals surface area contributed by atoms with Gasteiger partial charge in [-0.25, -0.2) is 0 Å². The standard InChI is InChI=1S/K.Li.H4O4Si.2H/c;;1-5(2,3)4;;/h;;1-4H;;/q2*+1;;2*-1. The van der Waals surface area contributed by atoms with Crippen LogP contribution in [0.2, 0.25) is 0 Å². The summed E-state index contributed by atoms with van der Waals surface area (Å²) < 4.78 is 0. The fourth-order valence-electron chi connectivity index (χ4n) is 0. The molecule has 0 heterocycles. The van der Waals surface area contributed by atoms with Crippen LogP contribution in [0.5, 0.6) is 0 Å². The third-order valence-electron chi connectivity index (χ3n) is 0. The molecule has 0 aromatic heterocycles. The molecule has 0 aliphatic rings. The number of hydrogen-bond acceptors (Lipinski definition) is 4. The Morgan fingerprint density at radius 1 is 1.00 bits per heavy atom. The van der Waals surface area contributed by atoms with Gasteiger partial charge >= 0.3 is 79.3 Å². The van der Waals surface area contributed by atoms with E-state index in [0.29, 0.717) is 0 Å². The Morgan fingerprint density at radius 3 is 1.00 bits per heavy atom. The molecule has 0 aromatic rings. The molecule has 0 amide bonds. The van der Waals surface area contributed by atoms with Crippen LogP contribution < -0.4 is 70.2 Å². The van der Waals surface area contributed by atoms with Crippen molar-refractivity contribution in [2.45, 2.75) is 0 Å². The van der Waals surface area contributed by atoms with Crippen molar-refractivity contribution >= 4 is 9.05 Å². The van der Waals surface area contributed by atoms with Crippen LogP contribution in [0.3, 0.4) is 0 Å². The summed E-state index contributed by atoms with van der Waals surface area (Å²) in [6, 6.07) is 0. The Morgan fingerprint density at radius 2 is 1.00 bits per heavy atom. The first-order valence-corrected chi connectivity index (χ1v) is 2.68. The molecule has 7 heteroatoms. The summed E-state index contributed by atoms with van der Waals surface area (Å²) in [5.41, 5.74) is 0. The molecule has 0 aliphatic heterocycles. The number of hydrogen-bond donors (Lipinski definition) is 4. The fourth-order valence-corrected chi connectivity index (χ4v) is 0. The average molecular weight is 144 g/mol. The molecule has 4 N–H and O–H groups in total. The van der Waals surface area contributed by atoms with Gasteiger partial charge < -0.3 is 22.0 Å². The molecule has 0 spiro atoms. The van der Waals surface area contributed by atoms with E-state index in [1.807, 2.05) is 0 Å². The number of rotatable bonds is 0. The largest absolute Gasteiger partial charge is 1.00 e. The van der Waals surface area contributed by atoms with Crippen molar-refractivity contribution in [3.8, 4) is 0 Å². The summed E-state index contributed by atoms with van der Waals surface area (Å²) in [5.74, 6) is 0. The minimum absolute atomic E-state index is 0. The first-order chi connectivity index (χ1) is 2.00. The molecular formula is H6KLiO4Si. The molecule has 0 aromatic carbocycles. The molecule has 0 saturated heterocycles. The zero-order valence-corrected chi connectivity index (χ0v) is 8.41. The molecule has 0 atom stereocenters. The van der Waals surface area contributed by atoms with E-state index in [2.05, 4.69) is 0 Å². The van der Waals surface area contributed by atoms with E-state index in [1.165, 1.54) is 0 Å². The van der Waals surface area contributed by atoms with Gasteiger partial charge in [0.15, 0.2) is 0 Å². The van der Waals surface area contributed by atoms with Gasteiger partial charge in [0, 0.05) is 0 Å². The summed E-state index contributed by atoms with van der Waals surface area (Å²) in [4.78, 5) is 29.3. The van der Waals surface area contributed by atoms with Crippen molar-refractivity contribution < 1.29 is 92.3 Å². The van der Waals surface area contributed by atoms with E-state index >= 15 is 0 Å². The first kappa shape index (κ1) is 16.1. The summed E-state index contributed by atoms with van der Waals surface area (Å²) in [5, 5.41) is 0. The van der Waals surface area contributed by atoms with Gasteiger partial charge in [-0.3, -0.25) is 0 Å². The van der Waals surface area contributed by atoms with Crippen LogP contribution in [0.25, 0.3) is 0 Å². The molecule has 0 aliphatic carbocycles. The van der Waals surface area contributed by atoms with E-state index in [9.17, 15) is 0 Å². The minimum Gasteiger partial charge on any atom is -1.00 e. The second-order valence-corrected chi connectivity index (χ2v) is 1.80. The van der Waals surface area contributed by atoms with Crippen LogP contribution >= 0.6 is 0 Å². The Labute approximate surface area is 99.6 Å². The quantitative estimate of drug-likeness (QED) is 0.255. The van der Waals surface area contributed by atoms with Crippen molar-refractivity contribution in [3.05, 3.63) is 0 Å². The Balaban J connectivity index is -0.0000000133. The maximum atomic E-state index is 7.33. The topological polar surface area (TPSA) is 80.9 Å². The van der Waals surface area contributed by atoms with Gasteiger partial charge in [0.2, 0.25) is 0 Å². The minimum atomic E-state index is -4.61. The fraction of sp³-hybridized carbons (Fsp3) is 0. The second kappa shape index (κ2) is 6.41. The normalized spacial score (nSPS) is 8.57. The van der Waals surface area contributed by atoms with E-state index < -0.39 is 9.05 Å². The van der Waals surface area contributed by atoms with Crippen LogP contribution in [-0.4, -0.2) is 28.2 Å². The Hall–Kier alpha value is 2.29. The molecule has 0 saturated carbocycles. The summed E-state index contributed by atoms with van der Waals surface area (Å²) >= 11 is 0. The second-order valence-electron chi connectivity index (χ2n) is 0.600. The van der Waals surface area contributed by atoms with Crippen molar-refractivity contribution in [1.29, 1.82) is 0 Å². The molecule has 36 valence electrons. The van der Waals surface area contributed by atoms with Crippen LogP contribution in [0.15, 0.2) is 0 Å². The van der Waals surface area contributed by atoms with Gasteiger partial charge in [-0.2, -0.15) is 0 Å². The van der Waals surface area contributed by atoms with Gasteiger partial charge in [0.1, 0.15) is 0 Å². The molecule has 4 nitrogen and oxygen atoms in total. The molecule has 0 radical (unpaired) electrons. The van der Waals surface area contributed by atoms with Crippen LogP contribution in [0.1, 0.15) is 2.85 Å². The van der Waals surface area contributed by atoms with E-state index in [-0.39, 0.29) is 73.1 Å². The predicted molar refractivity (Wildman–Crippen MR) is 16.9 cm³/mol. The van der Waals surface area contributed by atoms with Crippen LogP contribution in [-0.2, 0) is 0 Å². The molecule has 0 bridgehead atoms. The average Bonchev–Trinajstić information content (AvgIpc) is 0.722. The SMILES string of the molecule is O[Si](O)(O)O.[H-].[H-].[K+].[Li+]. The molecule has 0 rings (SSSR count). The Kier molecular flexibility index (Phi) is 14.8. The molecule has 0 unspecified atom stereocenters. The van der Waals surface area contributed by atoms with Crippen molar-refractivity contribution in [1.82, 2.24) is 0 Å². The molecule has 7 heavy (non-hydrogen) atoms. The zero-order chi connectivity index (χ0) is 4.50. The van der Waals surface area contributed by atoms with Gasteiger partial charge in [-0.1, -0.05) is 0 Å². The van der Waals surface area contributed by atoms with Crippen LogP contribution in [0.4, 0.5) is 0 Å². The first-order valence-electron chi connectivity index (χ1n) is 0.894.